The van der Waals surface area contributed by atoms with Crippen LogP contribution in [0.15, 0.2) is 0 Å². The number of Topliss-reactive ketones (excluding diaryl/α,β-unsaturated/α-hetero) is 1. The molecule has 0 spiro atoms. The Bertz CT molecular complexity index is 189. The van der Waals surface area contributed by atoms with E-state index in [9.17, 15) is 9.59 Å². The number of carboxylic acids is 1. The van der Waals surface area contributed by atoms with Crippen molar-refractivity contribution in [3.8, 4) is 0 Å². The first-order valence-corrected chi connectivity index (χ1v) is 3.61. The van der Waals surface area contributed by atoms with E-state index in [0.717, 1.165) is 0 Å². The highest BCUT2D eigenvalue weighted by Crippen LogP contribution is 1.99. The first-order chi connectivity index (χ1) is 5.99. The molecule has 6 heteroatoms. The predicted molar refractivity (Wildman–Crippen MR) is 41.1 cm³/mol. The van der Waals surface area contributed by atoms with Crippen molar-refractivity contribution in [2.24, 2.45) is 0 Å². The van der Waals surface area contributed by atoms with E-state index < -0.39 is 31.4 Å². The molecule has 76 valence electrons. The zero-order valence-corrected chi connectivity index (χ0v) is 7.14. The van der Waals surface area contributed by atoms with Gasteiger partial charge in [-0.1, -0.05) is 0 Å². The molecular formula is C7H12O6. The van der Waals surface area contributed by atoms with Crippen molar-refractivity contribution < 1.29 is 29.6 Å². The second-order valence-electron chi connectivity index (χ2n) is 2.52. The Labute approximate surface area is 74.7 Å². The van der Waals surface area contributed by atoms with Crippen molar-refractivity contribution in [1.29, 1.82) is 0 Å². The summed E-state index contributed by atoms with van der Waals surface area (Å²) in [5.74, 6) is -1.76. The number of rotatable bonds is 6. The number of aliphatic hydroxyl groups excluding tert-OH is 2. The first kappa shape index (κ1) is 12.0. The second-order valence-corrected chi connectivity index (χ2v) is 2.52. The first-order valence-electron chi connectivity index (χ1n) is 3.61. The van der Waals surface area contributed by atoms with Crippen LogP contribution in [0.1, 0.15) is 6.92 Å². The molecule has 0 aromatic carbocycles. The van der Waals surface area contributed by atoms with Crippen LogP contribution in [-0.2, 0) is 14.3 Å². The van der Waals surface area contributed by atoms with Crippen LogP contribution in [0.4, 0.5) is 0 Å². The molecule has 0 aromatic heterocycles. The Morgan fingerprint density at radius 3 is 2.31 bits per heavy atom. The lowest BCUT2D eigenvalue weighted by atomic mass is 10.2. The summed E-state index contributed by atoms with van der Waals surface area (Å²) in [6.45, 7) is 0.104. The van der Waals surface area contributed by atoms with E-state index in [0.29, 0.717) is 0 Å². The second kappa shape index (κ2) is 5.63. The zero-order chi connectivity index (χ0) is 10.4. The van der Waals surface area contributed by atoms with Crippen LogP contribution in [0.2, 0.25) is 0 Å². The average molecular weight is 192 g/mol. The summed E-state index contributed by atoms with van der Waals surface area (Å²) < 4.78 is 4.56. The van der Waals surface area contributed by atoms with Gasteiger partial charge in [0.25, 0.3) is 0 Å². The standard InChI is InChI=1S/C7H12O6/c1-4(9)3-13-6(7(11)12)5(10)2-8/h5-6,8,10H,2-3H2,1H3,(H,11,12). The third-order valence-corrected chi connectivity index (χ3v) is 1.25. The lowest BCUT2D eigenvalue weighted by Gasteiger charge is -2.16. The van der Waals surface area contributed by atoms with Crippen molar-refractivity contribution in [2.45, 2.75) is 19.1 Å². The quantitative estimate of drug-likeness (QED) is 0.468. The van der Waals surface area contributed by atoms with Gasteiger partial charge in [0.1, 0.15) is 12.7 Å². The van der Waals surface area contributed by atoms with E-state index in [1.807, 2.05) is 0 Å². The maximum atomic E-state index is 10.4. The molecule has 0 amide bonds. The van der Waals surface area contributed by atoms with Gasteiger partial charge in [0.2, 0.25) is 0 Å². The van der Waals surface area contributed by atoms with Gasteiger partial charge in [0.15, 0.2) is 11.9 Å². The van der Waals surface area contributed by atoms with Crippen LogP contribution >= 0.6 is 0 Å². The van der Waals surface area contributed by atoms with E-state index in [1.165, 1.54) is 6.92 Å². The average Bonchev–Trinajstić information content (AvgIpc) is 2.03. The number of carbonyl (C=O) groups excluding carboxylic acids is 1. The molecule has 0 fully saturated rings. The molecule has 0 aliphatic carbocycles. The Hall–Kier alpha value is -0.980. The molecule has 0 saturated heterocycles. The van der Waals surface area contributed by atoms with Crippen LogP contribution in [0.5, 0.6) is 0 Å². The summed E-state index contributed by atoms with van der Waals surface area (Å²) >= 11 is 0. The van der Waals surface area contributed by atoms with Gasteiger partial charge in [0, 0.05) is 0 Å². The minimum atomic E-state index is -1.56. The summed E-state index contributed by atoms with van der Waals surface area (Å²) in [5.41, 5.74) is 0. The molecule has 6 nitrogen and oxygen atoms in total. The molecule has 0 saturated carbocycles. The van der Waals surface area contributed by atoms with Crippen LogP contribution < -0.4 is 0 Å². The third-order valence-electron chi connectivity index (χ3n) is 1.25. The van der Waals surface area contributed by atoms with Crippen LogP contribution in [-0.4, -0.2) is 52.5 Å². The van der Waals surface area contributed by atoms with Gasteiger partial charge < -0.3 is 20.1 Å². The third kappa shape index (κ3) is 4.56. The van der Waals surface area contributed by atoms with Crippen LogP contribution in [0.25, 0.3) is 0 Å². The molecular weight excluding hydrogens is 180 g/mol. The lowest BCUT2D eigenvalue weighted by molar-refractivity contribution is -0.161. The fraction of sp³-hybridized carbons (Fsp3) is 0.714. The van der Waals surface area contributed by atoms with Crippen LogP contribution in [0.3, 0.4) is 0 Å². The van der Waals surface area contributed by atoms with Gasteiger partial charge in [-0.25, -0.2) is 4.79 Å². The molecule has 0 heterocycles. The smallest absolute Gasteiger partial charge is 0.335 e. The van der Waals surface area contributed by atoms with Gasteiger partial charge in [-0.2, -0.15) is 0 Å². The summed E-state index contributed by atoms with van der Waals surface area (Å²) in [7, 11) is 0. The minimum Gasteiger partial charge on any atom is -0.479 e. The zero-order valence-electron chi connectivity index (χ0n) is 7.14. The highest BCUT2D eigenvalue weighted by molar-refractivity contribution is 5.78. The van der Waals surface area contributed by atoms with E-state index in [4.69, 9.17) is 15.3 Å². The number of carbonyl (C=O) groups is 2. The molecule has 0 aliphatic rings. The Morgan fingerprint density at radius 2 is 2.00 bits per heavy atom. The van der Waals surface area contributed by atoms with Gasteiger partial charge >= 0.3 is 5.97 Å². The molecule has 0 bridgehead atoms. The Morgan fingerprint density at radius 1 is 1.46 bits per heavy atom. The number of hydrogen-bond donors (Lipinski definition) is 3. The van der Waals surface area contributed by atoms with E-state index in [2.05, 4.69) is 4.74 Å². The van der Waals surface area contributed by atoms with Crippen molar-refractivity contribution in [3.63, 3.8) is 0 Å². The molecule has 3 N–H and O–H groups in total. The maximum absolute atomic E-state index is 10.4. The molecule has 0 radical (unpaired) electrons. The number of ketones is 1. The minimum absolute atomic E-state index is 0.351. The van der Waals surface area contributed by atoms with Crippen molar-refractivity contribution >= 4 is 11.8 Å². The molecule has 0 aromatic rings. The fourth-order valence-electron chi connectivity index (χ4n) is 0.650. The highest BCUT2D eigenvalue weighted by atomic mass is 16.5. The molecule has 2 unspecified atom stereocenters. The summed E-state index contributed by atoms with van der Waals surface area (Å²) in [6.07, 6.45) is -3.08. The van der Waals surface area contributed by atoms with E-state index >= 15 is 0 Å². The van der Waals surface area contributed by atoms with Crippen molar-refractivity contribution in [1.82, 2.24) is 0 Å². The van der Waals surface area contributed by atoms with Gasteiger partial charge in [-0.15, -0.1) is 0 Å². The fourth-order valence-corrected chi connectivity index (χ4v) is 0.650. The lowest BCUT2D eigenvalue weighted by Crippen LogP contribution is -2.39. The number of hydrogen-bond acceptors (Lipinski definition) is 5. The number of aliphatic carboxylic acids is 1. The van der Waals surface area contributed by atoms with Gasteiger partial charge in [0.05, 0.1) is 6.61 Å². The highest BCUT2D eigenvalue weighted by Gasteiger charge is 2.26. The molecule has 2 atom stereocenters. The summed E-state index contributed by atoms with van der Waals surface area (Å²) in [5, 5.41) is 25.9. The van der Waals surface area contributed by atoms with Gasteiger partial charge in [-0.05, 0) is 6.92 Å². The summed E-state index contributed by atoms with van der Waals surface area (Å²) in [6, 6.07) is 0. The predicted octanol–water partition coefficient (Wildman–Crippen LogP) is -1.60. The largest absolute Gasteiger partial charge is 0.479 e. The normalized spacial score (nSPS) is 15.0. The maximum Gasteiger partial charge on any atom is 0.335 e. The molecule has 13 heavy (non-hydrogen) atoms. The summed E-state index contributed by atoms with van der Waals surface area (Å²) in [4.78, 5) is 20.8. The van der Waals surface area contributed by atoms with E-state index in [1.54, 1.807) is 0 Å². The molecule has 0 rings (SSSR count). The number of carboxylic acid groups (broad SMARTS) is 1. The Kier molecular flexibility index (Phi) is 5.20. The SMILES string of the molecule is CC(=O)COC(C(=O)O)C(O)CO. The monoisotopic (exact) mass is 192 g/mol. The van der Waals surface area contributed by atoms with Crippen LogP contribution in [0, 0.1) is 0 Å². The van der Waals surface area contributed by atoms with E-state index in [-0.39, 0.29) is 5.78 Å². The van der Waals surface area contributed by atoms with Gasteiger partial charge in [-0.3, -0.25) is 4.79 Å². The number of aliphatic hydroxyl groups is 2. The van der Waals surface area contributed by atoms with Crippen molar-refractivity contribution in [2.75, 3.05) is 13.2 Å². The Balaban J connectivity index is 4.10. The molecule has 0 aliphatic heterocycles. The number of ether oxygens (including phenoxy) is 1. The van der Waals surface area contributed by atoms with Crippen molar-refractivity contribution in [3.05, 3.63) is 0 Å². The topological polar surface area (TPSA) is 104 Å².